The SMILES string of the molecule is CCC(=O)O[C@]1(C(=S)OC)[C@H](C)C[C@H]2[C@@H]3C[C@H](F)C4=C(Cl)C(=O)C=C[C@]4(C)[C@@]3(F)[C@@H](O)C[C@@]21C. The van der Waals surface area contributed by atoms with E-state index in [0.29, 0.717) is 6.42 Å². The Morgan fingerprint density at radius 1 is 1.32 bits per heavy atom. The van der Waals surface area contributed by atoms with Gasteiger partial charge in [0.15, 0.2) is 17.1 Å². The van der Waals surface area contributed by atoms with Crippen LogP contribution in [0.25, 0.3) is 0 Å². The van der Waals surface area contributed by atoms with Gasteiger partial charge in [-0.1, -0.05) is 38.4 Å². The Bertz CT molecular complexity index is 1020. The van der Waals surface area contributed by atoms with Crippen molar-refractivity contribution in [3.8, 4) is 0 Å². The van der Waals surface area contributed by atoms with E-state index in [1.807, 2.05) is 13.8 Å². The Balaban J connectivity index is 1.90. The molecule has 0 heterocycles. The molecule has 9 atom stereocenters. The van der Waals surface area contributed by atoms with E-state index in [-0.39, 0.29) is 40.8 Å². The second-order valence-corrected chi connectivity index (χ2v) is 11.4. The number of aliphatic hydroxyl groups excluding tert-OH is 1. The maximum Gasteiger partial charge on any atom is 0.306 e. The lowest BCUT2D eigenvalue weighted by atomic mass is 9.44. The van der Waals surface area contributed by atoms with Gasteiger partial charge in [0, 0.05) is 29.1 Å². The molecule has 0 aromatic rings. The van der Waals surface area contributed by atoms with Crippen LogP contribution in [0.3, 0.4) is 0 Å². The van der Waals surface area contributed by atoms with E-state index in [1.54, 1.807) is 6.92 Å². The predicted octanol–water partition coefficient (Wildman–Crippen LogP) is 4.78. The predicted molar refractivity (Wildman–Crippen MR) is 127 cm³/mol. The minimum absolute atomic E-state index is 0.0657. The molecular formula is C25H31ClF2O5S. The molecular weight excluding hydrogens is 486 g/mol. The average molecular weight is 517 g/mol. The smallest absolute Gasteiger partial charge is 0.306 e. The number of aliphatic hydroxyl groups is 1. The highest BCUT2D eigenvalue weighted by atomic mass is 35.5. The van der Waals surface area contributed by atoms with Crippen molar-refractivity contribution >= 4 is 40.6 Å². The first kappa shape index (κ1) is 25.7. The van der Waals surface area contributed by atoms with Crippen LogP contribution in [-0.4, -0.2) is 52.6 Å². The van der Waals surface area contributed by atoms with E-state index in [9.17, 15) is 14.7 Å². The molecule has 9 heteroatoms. The van der Waals surface area contributed by atoms with Gasteiger partial charge in [-0.25, -0.2) is 8.78 Å². The van der Waals surface area contributed by atoms with Gasteiger partial charge in [0.2, 0.25) is 5.05 Å². The maximum atomic E-state index is 17.4. The Hall–Kier alpha value is -1.38. The first-order valence-electron chi connectivity index (χ1n) is 11.7. The van der Waals surface area contributed by atoms with E-state index in [1.165, 1.54) is 20.1 Å². The lowest BCUT2D eigenvalue weighted by molar-refractivity contribution is -0.222. The topological polar surface area (TPSA) is 72.8 Å². The molecule has 0 aliphatic heterocycles. The minimum atomic E-state index is -2.29. The number of methoxy groups -OCH3 is 1. The highest BCUT2D eigenvalue weighted by Gasteiger charge is 2.78. The number of carbonyl (C=O) groups is 2. The zero-order chi connectivity index (χ0) is 25.4. The third kappa shape index (κ3) is 2.88. The van der Waals surface area contributed by atoms with Crippen LogP contribution in [0.2, 0.25) is 0 Å². The Kier molecular flexibility index (Phi) is 6.10. The first-order chi connectivity index (χ1) is 15.8. The summed E-state index contributed by atoms with van der Waals surface area (Å²) < 4.78 is 44.5. The fourth-order valence-corrected chi connectivity index (χ4v) is 8.57. The molecule has 0 saturated heterocycles. The van der Waals surface area contributed by atoms with Crippen molar-refractivity contribution in [3.05, 3.63) is 22.8 Å². The average Bonchev–Trinajstić information content (AvgIpc) is 3.00. The number of carbonyl (C=O) groups excluding carboxylic acids is 2. The number of esters is 1. The summed E-state index contributed by atoms with van der Waals surface area (Å²) in [6, 6.07) is 0. The van der Waals surface area contributed by atoms with Gasteiger partial charge in [0.05, 0.1) is 18.2 Å². The number of halogens is 3. The van der Waals surface area contributed by atoms with E-state index >= 15 is 8.78 Å². The molecule has 1 N–H and O–H groups in total. The van der Waals surface area contributed by atoms with Gasteiger partial charge in [-0.05, 0) is 56.0 Å². The number of fused-ring (bicyclic) bond motifs is 5. The summed E-state index contributed by atoms with van der Waals surface area (Å²) in [6.45, 7) is 6.85. The van der Waals surface area contributed by atoms with Gasteiger partial charge >= 0.3 is 5.97 Å². The number of thiocarbonyl (C=S) groups is 1. The fraction of sp³-hybridized carbons (Fsp3) is 0.720. The summed E-state index contributed by atoms with van der Waals surface area (Å²) in [6.07, 6.45) is -0.535. The Labute approximate surface area is 208 Å². The number of ketones is 1. The van der Waals surface area contributed by atoms with Gasteiger partial charge in [-0.3, -0.25) is 9.59 Å². The van der Waals surface area contributed by atoms with Gasteiger partial charge in [0.1, 0.15) is 6.17 Å². The van der Waals surface area contributed by atoms with Crippen LogP contribution in [0.4, 0.5) is 8.78 Å². The summed E-state index contributed by atoms with van der Waals surface area (Å²) in [7, 11) is 1.40. The largest absolute Gasteiger partial charge is 0.487 e. The molecule has 4 rings (SSSR count). The Morgan fingerprint density at radius 3 is 2.56 bits per heavy atom. The van der Waals surface area contributed by atoms with Crippen LogP contribution in [0, 0.1) is 28.6 Å². The quantitative estimate of drug-likeness (QED) is 0.430. The van der Waals surface area contributed by atoms with Crippen LogP contribution < -0.4 is 0 Å². The number of alkyl halides is 2. The number of ether oxygens (including phenoxy) is 2. The van der Waals surface area contributed by atoms with E-state index in [0.717, 1.165) is 6.08 Å². The van der Waals surface area contributed by atoms with Crippen molar-refractivity contribution in [2.75, 3.05) is 7.11 Å². The van der Waals surface area contributed by atoms with Gasteiger partial charge in [-0.2, -0.15) is 0 Å². The molecule has 0 amide bonds. The fourth-order valence-electron chi connectivity index (χ4n) is 7.71. The summed E-state index contributed by atoms with van der Waals surface area (Å²) in [4.78, 5) is 24.7. The van der Waals surface area contributed by atoms with Gasteiger partial charge in [-0.15, -0.1) is 0 Å². The maximum absolute atomic E-state index is 17.4. The second kappa shape index (κ2) is 8.07. The number of rotatable bonds is 3. The molecule has 0 aromatic carbocycles. The highest BCUT2D eigenvalue weighted by Crippen LogP contribution is 2.72. The van der Waals surface area contributed by atoms with Crippen molar-refractivity contribution in [1.82, 2.24) is 0 Å². The normalized spacial score (nSPS) is 47.6. The van der Waals surface area contributed by atoms with Crippen LogP contribution in [0.15, 0.2) is 22.8 Å². The van der Waals surface area contributed by atoms with Gasteiger partial charge < -0.3 is 14.6 Å². The monoisotopic (exact) mass is 516 g/mol. The summed E-state index contributed by atoms with van der Waals surface area (Å²) in [5.74, 6) is -2.81. The zero-order valence-electron chi connectivity index (χ0n) is 20.0. The van der Waals surface area contributed by atoms with Crippen LogP contribution >= 0.6 is 23.8 Å². The molecule has 3 fully saturated rings. The van der Waals surface area contributed by atoms with E-state index < -0.39 is 58.0 Å². The number of hydrogen-bond acceptors (Lipinski definition) is 6. The molecule has 4 aliphatic carbocycles. The van der Waals surface area contributed by atoms with E-state index in [2.05, 4.69) is 0 Å². The molecule has 188 valence electrons. The zero-order valence-corrected chi connectivity index (χ0v) is 21.6. The molecule has 3 saturated carbocycles. The molecule has 0 aromatic heterocycles. The molecule has 4 aliphatic rings. The van der Waals surface area contributed by atoms with Gasteiger partial charge in [0.25, 0.3) is 0 Å². The highest BCUT2D eigenvalue weighted by molar-refractivity contribution is 7.80. The first-order valence-corrected chi connectivity index (χ1v) is 12.5. The van der Waals surface area contributed by atoms with Crippen LogP contribution in [-0.2, 0) is 19.1 Å². The molecule has 0 bridgehead atoms. The molecule has 0 spiro atoms. The number of allylic oxidation sites excluding steroid dienone is 4. The lowest BCUT2D eigenvalue weighted by Gasteiger charge is -2.63. The van der Waals surface area contributed by atoms with E-state index in [4.69, 9.17) is 33.3 Å². The third-order valence-electron chi connectivity index (χ3n) is 9.30. The summed E-state index contributed by atoms with van der Waals surface area (Å²) in [5.41, 5.74) is -6.37. The van der Waals surface area contributed by atoms with Crippen LogP contribution in [0.5, 0.6) is 0 Å². The third-order valence-corrected chi connectivity index (χ3v) is 10.2. The van der Waals surface area contributed by atoms with Crippen molar-refractivity contribution in [2.24, 2.45) is 28.6 Å². The molecule has 5 nitrogen and oxygen atoms in total. The standard InChI is InChI=1S/C25H31ClF2O5S/c1-6-18(31)33-25(21(34)32-5)12(2)9-13-14-10-15(27)19-20(26)16(29)7-8-22(19,3)24(14,28)17(30)11-23(13,25)4/h7-8,12-15,17,30H,6,9-11H2,1-5H3/t12-,13+,14+,15+,17+,22+,23+,24+,25+/m1/s1. The van der Waals surface area contributed by atoms with Crippen molar-refractivity contribution in [1.29, 1.82) is 0 Å². The Morgan fingerprint density at radius 2 is 1.97 bits per heavy atom. The lowest BCUT2D eigenvalue weighted by Crippen LogP contribution is -2.71. The molecule has 0 radical (unpaired) electrons. The summed E-state index contributed by atoms with van der Waals surface area (Å²) >= 11 is 11.8. The second-order valence-electron chi connectivity index (χ2n) is 10.6. The minimum Gasteiger partial charge on any atom is -0.487 e. The van der Waals surface area contributed by atoms with Crippen molar-refractivity contribution in [3.63, 3.8) is 0 Å². The molecule has 34 heavy (non-hydrogen) atoms. The molecule has 0 unspecified atom stereocenters. The number of hydrogen-bond donors (Lipinski definition) is 1. The van der Waals surface area contributed by atoms with Crippen LogP contribution in [0.1, 0.15) is 53.4 Å². The van der Waals surface area contributed by atoms with Crippen molar-refractivity contribution in [2.45, 2.75) is 76.9 Å². The summed E-state index contributed by atoms with van der Waals surface area (Å²) in [5, 5.41) is 11.2. The van der Waals surface area contributed by atoms with Crippen molar-refractivity contribution < 1.29 is 33.0 Å².